The molecule has 0 spiro atoms. The summed E-state index contributed by atoms with van der Waals surface area (Å²) >= 11 is 6.86. The topological polar surface area (TPSA) is 59.8 Å². The Bertz CT molecular complexity index is 1410. The summed E-state index contributed by atoms with van der Waals surface area (Å²) in [5.41, 5.74) is 1.93. The maximum absolute atomic E-state index is 13.6. The molecule has 1 aliphatic rings. The number of carbonyl (C=O) groups excluding carboxylic acids is 1. The fourth-order valence-electron chi connectivity index (χ4n) is 4.07. The molecule has 0 radical (unpaired) electrons. The van der Waals surface area contributed by atoms with Gasteiger partial charge in [0.05, 0.1) is 23.6 Å². The van der Waals surface area contributed by atoms with Crippen molar-refractivity contribution in [2.45, 2.75) is 13.0 Å². The molecule has 0 saturated heterocycles. The molecule has 0 saturated carbocycles. The number of fused-ring (bicyclic) bond motifs is 2. The van der Waals surface area contributed by atoms with Crippen molar-refractivity contribution in [3.8, 4) is 5.75 Å². The minimum atomic E-state index is -0.640. The second kappa shape index (κ2) is 8.22. The Kier molecular flexibility index (Phi) is 5.39. The lowest BCUT2D eigenvalue weighted by Gasteiger charge is -2.25. The Morgan fingerprint density at radius 2 is 1.72 bits per heavy atom. The number of hydrogen-bond donors (Lipinski definition) is 0. The van der Waals surface area contributed by atoms with Gasteiger partial charge in [0.1, 0.15) is 11.3 Å². The van der Waals surface area contributed by atoms with Gasteiger partial charge < -0.3 is 9.15 Å². The van der Waals surface area contributed by atoms with Crippen molar-refractivity contribution < 1.29 is 13.9 Å². The Labute approximate surface area is 200 Å². The highest BCUT2D eigenvalue weighted by Gasteiger charge is 2.43. The number of ether oxygens (including phenoxy) is 1. The summed E-state index contributed by atoms with van der Waals surface area (Å²) in [6.45, 7) is 2.43. The molecular formula is C25H17Br2NO4. The molecule has 0 aliphatic carbocycles. The first-order chi connectivity index (χ1) is 15.5. The predicted molar refractivity (Wildman–Crippen MR) is 131 cm³/mol. The minimum absolute atomic E-state index is 0.0690. The summed E-state index contributed by atoms with van der Waals surface area (Å²) in [4.78, 5) is 28.8. The zero-order chi connectivity index (χ0) is 22.4. The number of anilines is 1. The number of carbonyl (C=O) groups is 1. The average molecular weight is 555 g/mol. The first-order valence-corrected chi connectivity index (χ1v) is 11.6. The Hall–Kier alpha value is -2.90. The van der Waals surface area contributed by atoms with E-state index >= 15 is 0 Å². The van der Waals surface area contributed by atoms with Crippen LogP contribution in [0.2, 0.25) is 0 Å². The minimum Gasteiger partial charge on any atom is -0.494 e. The summed E-state index contributed by atoms with van der Waals surface area (Å²) in [6, 6.07) is 19.5. The number of nitrogens with zero attached hydrogens (tertiary/aromatic N) is 1. The molecule has 4 aromatic rings. The van der Waals surface area contributed by atoms with E-state index in [1.54, 1.807) is 23.1 Å². The van der Waals surface area contributed by atoms with Crippen LogP contribution in [-0.2, 0) is 0 Å². The monoisotopic (exact) mass is 553 g/mol. The van der Waals surface area contributed by atoms with Gasteiger partial charge in [-0.15, -0.1) is 0 Å². The van der Waals surface area contributed by atoms with E-state index in [9.17, 15) is 9.59 Å². The number of halogens is 2. The van der Waals surface area contributed by atoms with Crippen molar-refractivity contribution in [2.75, 3.05) is 11.5 Å². The third-order valence-electron chi connectivity index (χ3n) is 5.42. The molecule has 3 aromatic carbocycles. The van der Waals surface area contributed by atoms with Crippen molar-refractivity contribution in [2.24, 2.45) is 0 Å². The van der Waals surface area contributed by atoms with Gasteiger partial charge in [-0.2, -0.15) is 0 Å². The largest absolute Gasteiger partial charge is 0.494 e. The zero-order valence-electron chi connectivity index (χ0n) is 17.0. The van der Waals surface area contributed by atoms with Gasteiger partial charge in [0.25, 0.3) is 5.91 Å². The summed E-state index contributed by atoms with van der Waals surface area (Å²) in [5.74, 6) is 0.394. The smallest absolute Gasteiger partial charge is 0.295 e. The SMILES string of the molecule is CCOc1cccc(C2c3c(oc4ccc(Br)cc4c3=O)C(=O)N2c2ccc(Br)cc2)c1. The van der Waals surface area contributed by atoms with E-state index in [4.69, 9.17) is 9.15 Å². The van der Waals surface area contributed by atoms with Crippen LogP contribution in [0.25, 0.3) is 11.0 Å². The van der Waals surface area contributed by atoms with Crippen LogP contribution in [-0.4, -0.2) is 12.5 Å². The van der Waals surface area contributed by atoms with Gasteiger partial charge in [-0.3, -0.25) is 14.5 Å². The van der Waals surface area contributed by atoms with Crippen LogP contribution < -0.4 is 15.1 Å². The summed E-state index contributed by atoms with van der Waals surface area (Å²) in [5, 5.41) is 0.426. The molecule has 32 heavy (non-hydrogen) atoms. The molecular weight excluding hydrogens is 538 g/mol. The van der Waals surface area contributed by atoms with E-state index in [1.807, 2.05) is 55.5 Å². The van der Waals surface area contributed by atoms with E-state index in [1.165, 1.54) is 0 Å². The number of benzene rings is 3. The third kappa shape index (κ3) is 3.45. The van der Waals surface area contributed by atoms with Crippen LogP contribution >= 0.6 is 31.9 Å². The third-order valence-corrected chi connectivity index (χ3v) is 6.44. The maximum Gasteiger partial charge on any atom is 0.295 e. The molecule has 0 bridgehead atoms. The van der Waals surface area contributed by atoms with E-state index in [0.29, 0.717) is 34.6 Å². The molecule has 2 heterocycles. The van der Waals surface area contributed by atoms with Gasteiger partial charge in [-0.05, 0) is 67.1 Å². The van der Waals surface area contributed by atoms with Crippen molar-refractivity contribution in [1.82, 2.24) is 0 Å². The van der Waals surface area contributed by atoms with Gasteiger partial charge in [-0.25, -0.2) is 0 Å². The van der Waals surface area contributed by atoms with Crippen LogP contribution in [0.5, 0.6) is 5.75 Å². The summed E-state index contributed by atoms with van der Waals surface area (Å²) < 4.78 is 13.3. The van der Waals surface area contributed by atoms with Gasteiger partial charge >= 0.3 is 0 Å². The molecule has 0 N–H and O–H groups in total. The Morgan fingerprint density at radius 3 is 2.47 bits per heavy atom. The Morgan fingerprint density at radius 1 is 0.969 bits per heavy atom. The highest BCUT2D eigenvalue weighted by Crippen LogP contribution is 2.42. The second-order valence-electron chi connectivity index (χ2n) is 7.37. The Balaban J connectivity index is 1.79. The number of rotatable bonds is 4. The predicted octanol–water partition coefficient (Wildman–Crippen LogP) is 6.47. The standard InChI is InChI=1S/C25H17Br2NO4/c1-2-31-18-5-3-4-14(12-18)22-21-23(29)19-13-16(27)8-11-20(19)32-24(21)25(30)28(22)17-9-6-15(26)7-10-17/h3-13,22H,2H2,1H3. The lowest BCUT2D eigenvalue weighted by Crippen LogP contribution is -2.29. The fourth-order valence-corrected chi connectivity index (χ4v) is 4.69. The molecule has 5 nitrogen and oxygen atoms in total. The number of amides is 1. The van der Waals surface area contributed by atoms with Crippen molar-refractivity contribution in [3.63, 3.8) is 0 Å². The molecule has 1 aromatic heterocycles. The highest BCUT2D eigenvalue weighted by atomic mass is 79.9. The van der Waals surface area contributed by atoms with Crippen LogP contribution in [0, 0.1) is 0 Å². The highest BCUT2D eigenvalue weighted by molar-refractivity contribution is 9.10. The molecule has 1 unspecified atom stereocenters. The molecule has 1 amide bonds. The van der Waals surface area contributed by atoms with Gasteiger partial charge in [0, 0.05) is 14.6 Å². The van der Waals surface area contributed by atoms with E-state index in [0.717, 1.165) is 14.5 Å². The van der Waals surface area contributed by atoms with E-state index in [2.05, 4.69) is 31.9 Å². The summed E-state index contributed by atoms with van der Waals surface area (Å²) in [6.07, 6.45) is 0. The van der Waals surface area contributed by atoms with Crippen LogP contribution in [0.15, 0.2) is 84.9 Å². The normalized spacial score (nSPS) is 15.3. The molecule has 1 aliphatic heterocycles. The van der Waals surface area contributed by atoms with Gasteiger partial charge in [0.15, 0.2) is 5.43 Å². The quantitative estimate of drug-likeness (QED) is 0.290. The van der Waals surface area contributed by atoms with Crippen LogP contribution in [0.3, 0.4) is 0 Å². The van der Waals surface area contributed by atoms with Crippen LogP contribution in [0.4, 0.5) is 5.69 Å². The summed E-state index contributed by atoms with van der Waals surface area (Å²) in [7, 11) is 0. The number of hydrogen-bond acceptors (Lipinski definition) is 4. The van der Waals surface area contributed by atoms with Crippen molar-refractivity contribution in [1.29, 1.82) is 0 Å². The maximum atomic E-state index is 13.6. The van der Waals surface area contributed by atoms with Gasteiger partial charge in [-0.1, -0.05) is 44.0 Å². The second-order valence-corrected chi connectivity index (χ2v) is 9.21. The lowest BCUT2D eigenvalue weighted by molar-refractivity contribution is 0.0971. The molecule has 160 valence electrons. The van der Waals surface area contributed by atoms with Gasteiger partial charge in [0.2, 0.25) is 5.76 Å². The first kappa shape index (κ1) is 21.0. The van der Waals surface area contributed by atoms with E-state index < -0.39 is 6.04 Å². The van der Waals surface area contributed by atoms with E-state index in [-0.39, 0.29) is 17.1 Å². The molecule has 5 rings (SSSR count). The lowest BCUT2D eigenvalue weighted by atomic mass is 9.98. The average Bonchev–Trinajstić information content (AvgIpc) is 3.08. The first-order valence-electron chi connectivity index (χ1n) is 10.1. The molecule has 1 atom stereocenters. The van der Waals surface area contributed by atoms with Crippen molar-refractivity contribution >= 4 is 54.4 Å². The fraction of sp³-hybridized carbons (Fsp3) is 0.120. The molecule has 7 heteroatoms. The van der Waals surface area contributed by atoms with Crippen LogP contribution in [0.1, 0.15) is 34.6 Å². The van der Waals surface area contributed by atoms with Crippen molar-refractivity contribution in [3.05, 3.63) is 103 Å². The molecule has 0 fully saturated rings. The zero-order valence-corrected chi connectivity index (χ0v) is 20.1.